The second kappa shape index (κ2) is 6.62. The molecule has 1 aliphatic rings. The molecule has 0 atom stereocenters. The second-order valence-electron chi connectivity index (χ2n) is 6.29. The van der Waals surface area contributed by atoms with Gasteiger partial charge in [0.25, 0.3) is 0 Å². The van der Waals surface area contributed by atoms with Crippen molar-refractivity contribution in [2.45, 2.75) is 6.92 Å². The molecule has 4 rings (SSSR count). The van der Waals surface area contributed by atoms with Crippen LogP contribution in [0.4, 0.5) is 11.4 Å². The first kappa shape index (κ1) is 17.9. The molecule has 0 unspecified atom stereocenters. The first-order valence-electron chi connectivity index (χ1n) is 8.15. The van der Waals surface area contributed by atoms with E-state index in [9.17, 15) is 14.7 Å². The number of carbonyl (C=O) groups is 2. The van der Waals surface area contributed by atoms with Crippen LogP contribution in [-0.4, -0.2) is 16.7 Å². The molecular weight excluding hydrogens is 474 g/mol. The molecule has 6 heteroatoms. The van der Waals surface area contributed by atoms with E-state index in [4.69, 9.17) is 0 Å². The van der Waals surface area contributed by atoms with Crippen LogP contribution >= 0.6 is 31.9 Å². The summed E-state index contributed by atoms with van der Waals surface area (Å²) >= 11 is 6.99. The maximum atomic E-state index is 13.1. The molecule has 0 saturated carbocycles. The average Bonchev–Trinajstić information content (AvgIpc) is 2.65. The van der Waals surface area contributed by atoms with Crippen LogP contribution in [0.1, 0.15) is 37.4 Å². The van der Waals surface area contributed by atoms with Gasteiger partial charge in [-0.3, -0.25) is 9.59 Å². The van der Waals surface area contributed by atoms with Crippen molar-refractivity contribution in [2.75, 3.05) is 5.32 Å². The lowest BCUT2D eigenvalue weighted by molar-refractivity contribution is 0.0977. The van der Waals surface area contributed by atoms with Crippen LogP contribution < -0.4 is 5.32 Å². The van der Waals surface area contributed by atoms with E-state index in [1.807, 2.05) is 19.1 Å². The molecule has 0 radical (unpaired) electrons. The number of hydrogen-bond donors (Lipinski definition) is 2. The summed E-state index contributed by atoms with van der Waals surface area (Å²) in [7, 11) is 0. The quantitative estimate of drug-likeness (QED) is 0.354. The highest BCUT2D eigenvalue weighted by atomic mass is 79.9. The fourth-order valence-corrected chi connectivity index (χ4v) is 4.30. The Balaban J connectivity index is 1.90. The summed E-state index contributed by atoms with van der Waals surface area (Å²) in [5.74, 6) is -0.842. The van der Waals surface area contributed by atoms with Crippen LogP contribution in [0.5, 0.6) is 5.75 Å². The van der Waals surface area contributed by atoms with Crippen molar-refractivity contribution in [3.8, 4) is 5.75 Å². The maximum absolute atomic E-state index is 13.1. The van der Waals surface area contributed by atoms with Crippen LogP contribution in [0.15, 0.2) is 57.5 Å². The first-order valence-corrected chi connectivity index (χ1v) is 9.74. The van der Waals surface area contributed by atoms with Gasteiger partial charge in [0.05, 0.1) is 22.5 Å². The fraction of sp³-hybridized carbons (Fsp3) is 0.0476. The van der Waals surface area contributed by atoms with Gasteiger partial charge in [0, 0.05) is 20.1 Å². The molecule has 0 saturated heterocycles. The Morgan fingerprint density at radius 3 is 2.11 bits per heavy atom. The smallest absolute Gasteiger partial charge is 0.198 e. The average molecular weight is 487 g/mol. The summed E-state index contributed by atoms with van der Waals surface area (Å²) in [5.41, 5.74) is 3.11. The summed E-state index contributed by atoms with van der Waals surface area (Å²) in [4.78, 5) is 26.0. The molecular formula is C21H13Br2NO3. The Morgan fingerprint density at radius 1 is 0.815 bits per heavy atom. The van der Waals surface area contributed by atoms with Crippen LogP contribution in [0.3, 0.4) is 0 Å². The molecule has 134 valence electrons. The Bertz CT molecular complexity index is 1140. The lowest BCUT2D eigenvalue weighted by atomic mass is 9.82. The minimum absolute atomic E-state index is 0.0358. The number of benzene rings is 3. The normalized spacial score (nSPS) is 12.6. The summed E-state index contributed by atoms with van der Waals surface area (Å²) < 4.78 is 1.75. The standard InChI is InChI=1S/C21H13Br2NO3/c1-10-8-16(14(23)9-13(10)22)24-15-6-7-17(25)19-18(15)20(26)11-4-2-3-5-12(11)21(19)27/h2-9,24-25H,1H3. The molecule has 0 bridgehead atoms. The number of hydrogen-bond acceptors (Lipinski definition) is 4. The Morgan fingerprint density at radius 2 is 1.44 bits per heavy atom. The number of anilines is 2. The molecule has 0 fully saturated rings. The van der Waals surface area contributed by atoms with E-state index < -0.39 is 0 Å². The number of aryl methyl sites for hydroxylation is 1. The Kier molecular flexibility index (Phi) is 4.40. The SMILES string of the molecule is Cc1cc(Nc2ccc(O)c3c2C(=O)c2ccccc2C3=O)c(Br)cc1Br. The van der Waals surface area contributed by atoms with E-state index in [1.165, 1.54) is 6.07 Å². The fourth-order valence-electron chi connectivity index (χ4n) is 3.21. The third-order valence-corrected chi connectivity index (χ3v) is 6.08. The van der Waals surface area contributed by atoms with Crippen LogP contribution in [0, 0.1) is 6.92 Å². The zero-order chi connectivity index (χ0) is 19.3. The monoisotopic (exact) mass is 485 g/mol. The molecule has 1 aliphatic carbocycles. The van der Waals surface area contributed by atoms with E-state index in [2.05, 4.69) is 37.2 Å². The molecule has 0 amide bonds. The van der Waals surface area contributed by atoms with Gasteiger partial charge in [-0.1, -0.05) is 40.2 Å². The van der Waals surface area contributed by atoms with Gasteiger partial charge < -0.3 is 10.4 Å². The number of phenols is 1. The first-order chi connectivity index (χ1) is 12.9. The van der Waals surface area contributed by atoms with Crippen molar-refractivity contribution in [1.29, 1.82) is 0 Å². The zero-order valence-corrected chi connectivity index (χ0v) is 17.3. The molecule has 4 nitrogen and oxygen atoms in total. The predicted octanol–water partition coefficient (Wildman–Crippen LogP) is 5.74. The van der Waals surface area contributed by atoms with Gasteiger partial charge in [-0.15, -0.1) is 0 Å². The van der Waals surface area contributed by atoms with E-state index in [-0.39, 0.29) is 28.4 Å². The largest absolute Gasteiger partial charge is 0.507 e. The zero-order valence-electron chi connectivity index (χ0n) is 14.1. The van der Waals surface area contributed by atoms with Crippen molar-refractivity contribution in [1.82, 2.24) is 0 Å². The number of nitrogens with one attached hydrogen (secondary N) is 1. The van der Waals surface area contributed by atoms with E-state index in [0.717, 1.165) is 20.2 Å². The second-order valence-corrected chi connectivity index (χ2v) is 8.00. The molecule has 3 aromatic carbocycles. The minimum Gasteiger partial charge on any atom is -0.507 e. The lowest BCUT2D eigenvalue weighted by Crippen LogP contribution is -2.22. The Labute approximate surface area is 172 Å². The highest BCUT2D eigenvalue weighted by molar-refractivity contribution is 9.11. The lowest BCUT2D eigenvalue weighted by Gasteiger charge is -2.22. The molecule has 2 N–H and O–H groups in total. The van der Waals surface area contributed by atoms with Gasteiger partial charge in [0.15, 0.2) is 11.6 Å². The molecule has 3 aromatic rings. The topological polar surface area (TPSA) is 66.4 Å². The van der Waals surface area contributed by atoms with Crippen molar-refractivity contribution in [2.24, 2.45) is 0 Å². The van der Waals surface area contributed by atoms with E-state index in [1.54, 1.807) is 30.3 Å². The van der Waals surface area contributed by atoms with Crippen molar-refractivity contribution < 1.29 is 14.7 Å². The van der Waals surface area contributed by atoms with Gasteiger partial charge in [0.2, 0.25) is 0 Å². The highest BCUT2D eigenvalue weighted by Crippen LogP contribution is 2.39. The number of aromatic hydroxyl groups is 1. The van der Waals surface area contributed by atoms with Gasteiger partial charge in [-0.2, -0.15) is 0 Å². The summed E-state index contributed by atoms with van der Waals surface area (Å²) in [6, 6.07) is 13.5. The number of carbonyl (C=O) groups excluding carboxylic acids is 2. The number of fused-ring (bicyclic) bond motifs is 2. The molecule has 27 heavy (non-hydrogen) atoms. The third-order valence-electron chi connectivity index (χ3n) is 4.57. The minimum atomic E-state index is -0.354. The van der Waals surface area contributed by atoms with Gasteiger partial charge in [0.1, 0.15) is 5.75 Å². The summed E-state index contributed by atoms with van der Waals surface area (Å²) in [6.45, 7) is 1.96. The van der Waals surface area contributed by atoms with Gasteiger partial charge in [-0.25, -0.2) is 0 Å². The maximum Gasteiger partial charge on any atom is 0.198 e. The van der Waals surface area contributed by atoms with Crippen molar-refractivity contribution >= 4 is 54.8 Å². The molecule has 0 aliphatic heterocycles. The number of ketones is 2. The predicted molar refractivity (Wildman–Crippen MR) is 111 cm³/mol. The molecule has 0 spiro atoms. The van der Waals surface area contributed by atoms with Gasteiger partial charge >= 0.3 is 0 Å². The Hall–Kier alpha value is -2.44. The highest BCUT2D eigenvalue weighted by Gasteiger charge is 2.34. The van der Waals surface area contributed by atoms with E-state index in [0.29, 0.717) is 16.8 Å². The number of phenolic OH excluding ortho intramolecular Hbond substituents is 1. The van der Waals surface area contributed by atoms with Crippen LogP contribution in [0.2, 0.25) is 0 Å². The van der Waals surface area contributed by atoms with Crippen molar-refractivity contribution in [3.63, 3.8) is 0 Å². The van der Waals surface area contributed by atoms with Crippen LogP contribution in [-0.2, 0) is 0 Å². The molecule has 0 heterocycles. The van der Waals surface area contributed by atoms with Gasteiger partial charge in [-0.05, 0) is 52.7 Å². The molecule has 0 aromatic heterocycles. The van der Waals surface area contributed by atoms with Crippen molar-refractivity contribution in [3.05, 3.63) is 85.3 Å². The number of rotatable bonds is 2. The summed E-state index contributed by atoms with van der Waals surface area (Å²) in [5, 5.41) is 13.5. The summed E-state index contributed by atoms with van der Waals surface area (Å²) in [6.07, 6.45) is 0. The van der Waals surface area contributed by atoms with Crippen LogP contribution in [0.25, 0.3) is 0 Å². The third kappa shape index (κ3) is 2.89. The number of halogens is 2. The van der Waals surface area contributed by atoms with E-state index >= 15 is 0 Å².